The van der Waals surface area contributed by atoms with Gasteiger partial charge in [-0.15, -0.1) is 12.4 Å². The number of aromatic nitrogens is 2. The molecule has 0 saturated carbocycles. The monoisotopic (exact) mass is 1030 g/mol. The minimum Gasteiger partial charge on any atom is -0.759 e. The second kappa shape index (κ2) is 46.5. The second-order valence-corrected chi connectivity index (χ2v) is 13.6. The fourth-order valence-electron chi connectivity index (χ4n) is 2.62. The van der Waals surface area contributed by atoms with Crippen LogP contribution in [0.5, 0.6) is 0 Å². The van der Waals surface area contributed by atoms with Gasteiger partial charge in [0.05, 0.1) is 4.52 Å². The fraction of sp³-hybridized carbons (Fsp3) is 0.667. The number of hydrogen-bond acceptors (Lipinski definition) is 17. The van der Waals surface area contributed by atoms with Crippen LogP contribution in [-0.2, 0) is 56.7 Å². The van der Waals surface area contributed by atoms with Crippen molar-refractivity contribution in [3.8, 4) is 0 Å². The number of nitrogens with one attached hydrogen (secondary N) is 2. The van der Waals surface area contributed by atoms with Gasteiger partial charge >= 0.3 is 81.0 Å². The summed E-state index contributed by atoms with van der Waals surface area (Å²) in [7, 11) is -9.07. The van der Waals surface area contributed by atoms with E-state index in [4.69, 9.17) is 69.0 Å². The van der Waals surface area contributed by atoms with Gasteiger partial charge in [-0.05, 0) is 84.8 Å². The van der Waals surface area contributed by atoms with E-state index in [-0.39, 0.29) is 99.4 Å². The number of imidazole rings is 1. The van der Waals surface area contributed by atoms with E-state index in [2.05, 4.69) is 35.1 Å². The predicted octanol–water partition coefficient (Wildman–Crippen LogP) is -6.11. The minimum absolute atomic E-state index is 0. The number of alkyl carbamates (subject to hydrolysis) is 2. The topological polar surface area (TPSA) is 625 Å². The molecule has 0 aliphatic rings. The number of amides is 2. The zero-order valence-electron chi connectivity index (χ0n) is 33.9. The molecule has 62 heavy (non-hydrogen) atoms. The molecule has 0 spiro atoms. The quantitative estimate of drug-likeness (QED) is 0.0204. The average Bonchev–Trinajstić information content (AvgIpc) is 3.51. The van der Waals surface area contributed by atoms with Crippen LogP contribution < -0.4 is 51.0 Å². The summed E-state index contributed by atoms with van der Waals surface area (Å²) in [6.07, 6.45) is 1.26. The first kappa shape index (κ1) is 89.0. The number of aliphatic carboxylic acids is 2. The smallest absolute Gasteiger partial charge is 0.759 e. The molecule has 2 atom stereocenters. The largest absolute Gasteiger partial charge is 2.00 e. The van der Waals surface area contributed by atoms with Gasteiger partial charge in [0.25, 0.3) is 0 Å². The Kier molecular flexibility index (Phi) is 66.7. The molecular formula is C24H53ClCuN11NaO22S2. The summed E-state index contributed by atoms with van der Waals surface area (Å²) in [6, 6.07) is -1.99. The summed E-state index contributed by atoms with van der Waals surface area (Å²) >= 11 is 0. The van der Waals surface area contributed by atoms with E-state index in [9.17, 15) is 27.6 Å². The van der Waals surface area contributed by atoms with Crippen molar-refractivity contribution in [1.29, 1.82) is 0 Å². The number of rotatable bonds is 13. The van der Waals surface area contributed by atoms with Crippen LogP contribution >= 0.6 is 12.4 Å². The maximum atomic E-state index is 11.4. The third-order valence-electron chi connectivity index (χ3n) is 4.38. The summed E-state index contributed by atoms with van der Waals surface area (Å²) in [5, 5.41) is 40.9. The van der Waals surface area contributed by atoms with Crippen LogP contribution in [0, 0.1) is 0 Å². The van der Waals surface area contributed by atoms with Crippen LogP contribution in [0.1, 0.15) is 67.2 Å². The molecule has 33 nitrogen and oxygen atoms in total. The van der Waals surface area contributed by atoms with Crippen molar-refractivity contribution in [2.45, 2.75) is 90.5 Å². The van der Waals surface area contributed by atoms with E-state index in [1.807, 2.05) is 0 Å². The molecule has 38 heteroatoms. The molecule has 0 aromatic carbocycles. The second-order valence-electron chi connectivity index (χ2n) is 11.3. The Bertz CT molecular complexity index is 1630. The number of nitrogens with two attached hydrogens (primary N) is 1. The molecule has 1 radical (unpaired) electrons. The molecule has 1 heterocycles. The number of halogens is 1. The molecule has 1 aromatic heterocycles. The van der Waals surface area contributed by atoms with Gasteiger partial charge in [-0.1, -0.05) is 5.11 Å². The number of carboxylic acid groups (broad SMARTS) is 4. The van der Waals surface area contributed by atoms with E-state index < -0.39 is 74.2 Å². The van der Waals surface area contributed by atoms with Crippen molar-refractivity contribution in [3.63, 3.8) is 0 Å². The number of carbonyl (C=O) groups excluding carboxylic acids is 2. The molecular weight excluding hydrogens is 980 g/mol. The fourth-order valence-corrected chi connectivity index (χ4v) is 3.18. The van der Waals surface area contributed by atoms with Gasteiger partial charge in [0, 0.05) is 39.2 Å². The first-order valence-corrected chi connectivity index (χ1v) is 17.2. The molecule has 367 valence electrons. The molecule has 17 N–H and O–H groups in total. The molecule has 0 fully saturated rings. The third kappa shape index (κ3) is 70.5. The van der Waals surface area contributed by atoms with E-state index in [1.54, 1.807) is 41.5 Å². The maximum absolute atomic E-state index is 11.4. The Balaban J connectivity index is -0.0000000525. The Morgan fingerprint density at radius 1 is 0.823 bits per heavy atom. The van der Waals surface area contributed by atoms with Crippen LogP contribution in [0.25, 0.3) is 20.9 Å². The Morgan fingerprint density at radius 2 is 1.16 bits per heavy atom. The van der Waals surface area contributed by atoms with Crippen molar-refractivity contribution < 1.29 is 154 Å². The van der Waals surface area contributed by atoms with E-state index in [0.717, 1.165) is 6.33 Å². The summed E-state index contributed by atoms with van der Waals surface area (Å²) in [6.45, 7) is 10.8. The zero-order chi connectivity index (χ0) is 43.3. The van der Waals surface area contributed by atoms with E-state index >= 15 is 0 Å². The molecule has 0 bridgehead atoms. The van der Waals surface area contributed by atoms with Gasteiger partial charge in [-0.25, -0.2) is 28.1 Å². The zero-order valence-corrected chi connectivity index (χ0v) is 39.3. The molecule has 0 aliphatic carbocycles. The van der Waals surface area contributed by atoms with Crippen LogP contribution in [-0.4, -0.2) is 144 Å². The van der Waals surface area contributed by atoms with E-state index in [1.165, 1.54) is 12.4 Å². The average molecular weight is 1030 g/mol. The first-order valence-electron chi connectivity index (χ1n) is 14.4. The van der Waals surface area contributed by atoms with Crippen LogP contribution in [0.4, 0.5) is 14.4 Å². The van der Waals surface area contributed by atoms with Crippen LogP contribution in [0.3, 0.4) is 0 Å². The minimum atomic E-state index is -5.17. The van der Waals surface area contributed by atoms with Crippen LogP contribution in [0.2, 0.25) is 0 Å². The molecule has 2 amide bonds. The predicted molar refractivity (Wildman–Crippen MR) is 203 cm³/mol. The number of ether oxygens (including phenoxy) is 2. The Morgan fingerprint density at radius 3 is 1.40 bits per heavy atom. The standard InChI is InChI=1S/C10H18N4O4.C10H20N2O4.C3H3N5O2S.CH2O3.ClH.Cu.Na.H2O4S.5H2O/c1-10(2,3)18-9(17)13-7(8(15)16)5-4-6-12-14-11;1-10(2,3)16-9(15)12-7(8(13)14)5-4-6-11;4-6-7-11(9,10)8-2-1-5-3-8;2-1(3)4;;;;1-5(2,3)4;;;;;/h7H,4-6H2,1-3H3,(H,13,17)(H,15,16);7H,4-6,11H2,1-3H3,(H,12,15)(H,13,14);1-3H;(H2,2,3,4);1H;;;(H2,1,2,3,4);5*1H2/q;;;;;+2;+1;;;;;;/p-3/t2*7-;;;;;;;;;;;/m00.........../s1. The summed E-state index contributed by atoms with van der Waals surface area (Å²) < 4.78 is 68.9. The molecule has 1 aromatic rings. The molecule has 0 aliphatic heterocycles. The summed E-state index contributed by atoms with van der Waals surface area (Å²) in [5.74, 6) is -2.24. The van der Waals surface area contributed by atoms with Gasteiger partial charge in [0.1, 0.15) is 29.6 Å². The number of nitrogens with zero attached hydrogens (tertiary/aromatic N) is 8. The van der Waals surface area contributed by atoms with Gasteiger partial charge in [0.15, 0.2) is 0 Å². The normalized spacial score (nSPS) is 10.1. The number of azide groups is 2. The van der Waals surface area contributed by atoms with Crippen molar-refractivity contribution >= 4 is 63.3 Å². The van der Waals surface area contributed by atoms with E-state index in [0.29, 0.717) is 29.8 Å². The van der Waals surface area contributed by atoms with Crippen LogP contribution in [0.15, 0.2) is 28.4 Å². The number of carboxylic acids is 2. The Hall–Kier alpha value is -4.03. The SMILES string of the molecule is CC(C)(C)OC(=O)N[C@@H](CCCN)C(=O)O.CC(C)(C)OC(=O)N[C@@H](CCCN=[N+]=[N-])C(=O)O.Cl.O.O.O.O.O.O=C([O-])O.O=S(=O)([O-])[O-].[Cu+2].[N-]=[N+]=NS(=O)(=O)n1ccnc1.[Na+]. The van der Waals surface area contributed by atoms with Crippen molar-refractivity contribution in [2.75, 3.05) is 13.1 Å². The third-order valence-corrected chi connectivity index (χ3v) is 5.40. The van der Waals surface area contributed by atoms with Crippen molar-refractivity contribution in [3.05, 3.63) is 39.6 Å². The summed E-state index contributed by atoms with van der Waals surface area (Å²) in [4.78, 5) is 61.0. The van der Waals surface area contributed by atoms with Gasteiger partial charge in [-0.2, -0.15) is 8.42 Å². The Labute approximate surface area is 393 Å². The summed E-state index contributed by atoms with van der Waals surface area (Å²) in [5.41, 5.74) is 19.9. The molecule has 1 rings (SSSR count). The van der Waals surface area contributed by atoms with Crippen molar-refractivity contribution in [2.24, 2.45) is 15.4 Å². The van der Waals surface area contributed by atoms with Crippen molar-refractivity contribution in [1.82, 2.24) is 19.6 Å². The molecule has 0 unspecified atom stereocenters. The van der Waals surface area contributed by atoms with Gasteiger partial charge in [-0.3, -0.25) is 8.42 Å². The molecule has 0 saturated heterocycles. The number of hydrogen-bond donors (Lipinski definition) is 6. The first-order chi connectivity index (χ1) is 24.4. The van der Waals surface area contributed by atoms with Gasteiger partial charge in [0.2, 0.25) is 6.16 Å². The number of carbonyl (C=O) groups is 5. The van der Waals surface area contributed by atoms with Gasteiger partial charge < -0.3 is 87.5 Å². The maximum Gasteiger partial charge on any atom is 2.00 e.